The third-order valence-electron chi connectivity index (χ3n) is 3.46. The molecule has 2 N–H and O–H groups in total. The number of hydrogen-bond donors (Lipinski definition) is 2. The first-order valence-corrected chi connectivity index (χ1v) is 9.81. The van der Waals surface area contributed by atoms with Gasteiger partial charge in [-0.25, -0.2) is 0 Å². The molecule has 0 bridgehead atoms. The molecule has 140 valence electrons. The zero-order valence-corrected chi connectivity index (χ0v) is 18.0. The Hall–Kier alpha value is -1.21. The van der Waals surface area contributed by atoms with Crippen molar-refractivity contribution in [3.05, 3.63) is 73.3 Å². The van der Waals surface area contributed by atoms with E-state index in [1.54, 1.807) is 41.2 Å². The average molecular weight is 481 g/mol. The number of thiocarbonyl (C=S) groups is 1. The first-order valence-electron chi connectivity index (χ1n) is 7.52. The summed E-state index contributed by atoms with van der Waals surface area (Å²) in [6, 6.07) is 10.5. The van der Waals surface area contributed by atoms with Crippen LogP contribution in [0.25, 0.3) is 0 Å². The fourth-order valence-electron chi connectivity index (χ4n) is 2.23. The van der Waals surface area contributed by atoms with Crippen molar-refractivity contribution >= 4 is 86.8 Å². The van der Waals surface area contributed by atoms with E-state index in [4.69, 9.17) is 70.2 Å². The zero-order valence-electron chi connectivity index (χ0n) is 13.4. The Morgan fingerprint density at radius 3 is 2.19 bits per heavy atom. The molecule has 0 amide bonds. The van der Waals surface area contributed by atoms with Crippen molar-refractivity contribution in [2.75, 3.05) is 10.6 Å². The van der Waals surface area contributed by atoms with E-state index in [0.29, 0.717) is 48.3 Å². The van der Waals surface area contributed by atoms with Crippen LogP contribution in [0.4, 0.5) is 11.5 Å². The molecule has 3 aromatic rings. The van der Waals surface area contributed by atoms with Crippen molar-refractivity contribution < 1.29 is 0 Å². The summed E-state index contributed by atoms with van der Waals surface area (Å²) in [7, 11) is 0. The van der Waals surface area contributed by atoms with Gasteiger partial charge in [-0.05, 0) is 48.1 Å². The summed E-state index contributed by atoms with van der Waals surface area (Å²) in [6.45, 7) is 0.477. The molecule has 1 heterocycles. The van der Waals surface area contributed by atoms with Crippen LogP contribution in [0.3, 0.4) is 0 Å². The van der Waals surface area contributed by atoms with Gasteiger partial charge in [-0.1, -0.05) is 64.1 Å². The fraction of sp³-hybridized carbons (Fsp3) is 0.0588. The van der Waals surface area contributed by atoms with E-state index in [1.165, 1.54) is 0 Å². The summed E-state index contributed by atoms with van der Waals surface area (Å²) in [5.74, 6) is 0.425. The second-order valence-corrected chi connectivity index (χ2v) is 7.92. The molecule has 0 aliphatic carbocycles. The van der Waals surface area contributed by atoms with E-state index >= 15 is 0 Å². The maximum absolute atomic E-state index is 6.24. The van der Waals surface area contributed by atoms with Crippen LogP contribution in [0, 0.1) is 0 Å². The van der Waals surface area contributed by atoms with Gasteiger partial charge in [-0.3, -0.25) is 4.68 Å². The van der Waals surface area contributed by atoms with Crippen molar-refractivity contribution in [3.8, 4) is 0 Å². The van der Waals surface area contributed by atoms with Gasteiger partial charge >= 0.3 is 0 Å². The highest BCUT2D eigenvalue weighted by atomic mass is 35.5. The minimum absolute atomic E-state index is 0.315. The van der Waals surface area contributed by atoms with E-state index in [2.05, 4.69) is 15.7 Å². The molecule has 10 heteroatoms. The van der Waals surface area contributed by atoms with Gasteiger partial charge in [0.25, 0.3) is 0 Å². The molecule has 0 atom stereocenters. The highest BCUT2D eigenvalue weighted by Crippen LogP contribution is 2.26. The summed E-state index contributed by atoms with van der Waals surface area (Å²) < 4.78 is 1.67. The lowest BCUT2D eigenvalue weighted by Crippen LogP contribution is -2.19. The van der Waals surface area contributed by atoms with Gasteiger partial charge in [-0.2, -0.15) is 5.10 Å². The molecule has 4 nitrogen and oxygen atoms in total. The fourth-order valence-corrected chi connectivity index (χ4v) is 3.26. The number of nitrogens with zero attached hydrogens (tertiary/aromatic N) is 2. The monoisotopic (exact) mass is 478 g/mol. The highest BCUT2D eigenvalue weighted by molar-refractivity contribution is 7.80. The van der Waals surface area contributed by atoms with Gasteiger partial charge in [-0.15, -0.1) is 0 Å². The first-order chi connectivity index (χ1) is 12.8. The lowest BCUT2D eigenvalue weighted by Gasteiger charge is -2.09. The molecule has 0 saturated heterocycles. The molecule has 0 spiro atoms. The number of benzene rings is 2. The van der Waals surface area contributed by atoms with Crippen molar-refractivity contribution in [2.24, 2.45) is 0 Å². The highest BCUT2D eigenvalue weighted by Gasteiger charge is 2.10. The van der Waals surface area contributed by atoms with Crippen LogP contribution in [-0.4, -0.2) is 14.9 Å². The van der Waals surface area contributed by atoms with Gasteiger partial charge in [0.05, 0.1) is 26.6 Å². The second-order valence-electron chi connectivity index (χ2n) is 5.48. The summed E-state index contributed by atoms with van der Waals surface area (Å²) in [4.78, 5) is 0. The summed E-state index contributed by atoms with van der Waals surface area (Å²) >= 11 is 35.4. The molecule has 27 heavy (non-hydrogen) atoms. The number of anilines is 2. The molecule has 2 aromatic carbocycles. The van der Waals surface area contributed by atoms with Crippen LogP contribution in [0.15, 0.2) is 42.6 Å². The Bertz CT molecular complexity index is 1000. The van der Waals surface area contributed by atoms with Crippen LogP contribution in [0.2, 0.25) is 25.1 Å². The number of nitrogens with one attached hydrogen (secondary N) is 2. The Balaban J connectivity index is 1.67. The summed E-state index contributed by atoms with van der Waals surface area (Å²) in [5.41, 5.74) is 1.62. The molecule has 0 aliphatic rings. The van der Waals surface area contributed by atoms with Crippen LogP contribution < -0.4 is 10.6 Å². The van der Waals surface area contributed by atoms with E-state index in [-0.39, 0.29) is 0 Å². The Kier molecular flexibility index (Phi) is 6.74. The smallest absolute Gasteiger partial charge is 0.176 e. The lowest BCUT2D eigenvalue weighted by molar-refractivity contribution is 0.690. The number of aromatic nitrogens is 2. The quantitative estimate of drug-likeness (QED) is 0.394. The predicted octanol–water partition coefficient (Wildman–Crippen LogP) is 7.01. The summed E-state index contributed by atoms with van der Waals surface area (Å²) in [5, 5.41) is 13.0. The third-order valence-corrected chi connectivity index (χ3v) is 5.41. The predicted molar refractivity (Wildman–Crippen MR) is 119 cm³/mol. The van der Waals surface area contributed by atoms with Crippen molar-refractivity contribution in [1.82, 2.24) is 9.78 Å². The minimum atomic E-state index is 0.315. The van der Waals surface area contributed by atoms with Crippen molar-refractivity contribution in [3.63, 3.8) is 0 Å². The molecule has 0 unspecified atom stereocenters. The van der Waals surface area contributed by atoms with E-state index < -0.39 is 0 Å². The largest absolute Gasteiger partial charge is 0.332 e. The molecular formula is C17H11Cl5N4S. The van der Waals surface area contributed by atoms with Crippen molar-refractivity contribution in [1.29, 1.82) is 0 Å². The molecule has 3 rings (SSSR count). The SMILES string of the molecule is S=C(Nc1ccc(Cl)c(Cl)c1)Nc1nn(Cc2ccc(Cl)c(Cl)c2)cc1Cl. The third kappa shape index (κ3) is 5.41. The minimum Gasteiger partial charge on any atom is -0.332 e. The standard InChI is InChI=1S/C17H11Cl5N4S/c18-11-3-1-9(5-13(11)20)7-26-8-15(22)16(25-26)24-17(27)23-10-2-4-12(19)14(21)6-10/h1-6,8H,7H2,(H2,23,24,25,27). The molecular weight excluding hydrogens is 470 g/mol. The summed E-state index contributed by atoms with van der Waals surface area (Å²) in [6.07, 6.45) is 1.69. The zero-order chi connectivity index (χ0) is 19.6. The van der Waals surface area contributed by atoms with E-state index in [1.807, 2.05) is 6.07 Å². The van der Waals surface area contributed by atoms with Crippen LogP contribution in [0.5, 0.6) is 0 Å². The van der Waals surface area contributed by atoms with Gasteiger partial charge < -0.3 is 10.6 Å². The average Bonchev–Trinajstić information content (AvgIpc) is 2.93. The maximum atomic E-state index is 6.24. The second kappa shape index (κ2) is 8.86. The Morgan fingerprint density at radius 1 is 0.852 bits per heavy atom. The Morgan fingerprint density at radius 2 is 1.52 bits per heavy atom. The van der Waals surface area contributed by atoms with Crippen molar-refractivity contribution in [2.45, 2.75) is 6.54 Å². The van der Waals surface area contributed by atoms with Crippen LogP contribution >= 0.6 is 70.2 Å². The molecule has 0 saturated carbocycles. The Labute approximate surface area is 186 Å². The molecule has 0 radical (unpaired) electrons. The number of rotatable bonds is 4. The number of hydrogen-bond acceptors (Lipinski definition) is 2. The van der Waals surface area contributed by atoms with Gasteiger partial charge in [0.1, 0.15) is 5.02 Å². The van der Waals surface area contributed by atoms with Crippen LogP contribution in [-0.2, 0) is 6.54 Å². The molecule has 0 fully saturated rings. The van der Waals surface area contributed by atoms with Gasteiger partial charge in [0.2, 0.25) is 0 Å². The lowest BCUT2D eigenvalue weighted by atomic mass is 10.2. The van der Waals surface area contributed by atoms with Gasteiger partial charge in [0, 0.05) is 11.9 Å². The molecule has 0 aliphatic heterocycles. The van der Waals surface area contributed by atoms with E-state index in [9.17, 15) is 0 Å². The number of halogens is 5. The van der Waals surface area contributed by atoms with Crippen LogP contribution in [0.1, 0.15) is 5.56 Å². The maximum Gasteiger partial charge on any atom is 0.176 e. The molecule has 1 aromatic heterocycles. The van der Waals surface area contributed by atoms with Gasteiger partial charge in [0.15, 0.2) is 10.9 Å². The normalized spacial score (nSPS) is 10.7. The first kappa shape index (κ1) is 20.5. The topological polar surface area (TPSA) is 41.9 Å². The van der Waals surface area contributed by atoms with E-state index in [0.717, 1.165) is 5.56 Å².